The summed E-state index contributed by atoms with van der Waals surface area (Å²) in [6.45, 7) is 4.94. The fourth-order valence-corrected chi connectivity index (χ4v) is 2.68. The lowest BCUT2D eigenvalue weighted by molar-refractivity contribution is 0.0919. The van der Waals surface area contributed by atoms with Crippen molar-refractivity contribution >= 4 is 21.8 Å². The van der Waals surface area contributed by atoms with Crippen molar-refractivity contribution in [2.75, 3.05) is 20.6 Å². The van der Waals surface area contributed by atoms with Crippen LogP contribution in [0, 0.1) is 11.7 Å². The molecular weight excluding hydrogens is 323 g/mol. The SMILES string of the molecule is CC(C)CC(CN(C)C)NC(=O)c1c(F)cccc1Br. The van der Waals surface area contributed by atoms with Crippen LogP contribution in [0.1, 0.15) is 30.6 Å². The highest BCUT2D eigenvalue weighted by atomic mass is 79.9. The first-order chi connectivity index (χ1) is 9.31. The molecular formula is C15H22BrFN2O. The van der Waals surface area contributed by atoms with Crippen molar-refractivity contribution in [2.45, 2.75) is 26.3 Å². The third-order valence-electron chi connectivity index (χ3n) is 2.87. The van der Waals surface area contributed by atoms with Crippen molar-refractivity contribution in [3.05, 3.63) is 34.1 Å². The van der Waals surface area contributed by atoms with Gasteiger partial charge in [-0.15, -0.1) is 0 Å². The van der Waals surface area contributed by atoms with Crippen LogP contribution in [0.4, 0.5) is 4.39 Å². The molecule has 1 aromatic rings. The van der Waals surface area contributed by atoms with E-state index in [1.165, 1.54) is 6.07 Å². The van der Waals surface area contributed by atoms with E-state index in [4.69, 9.17) is 0 Å². The van der Waals surface area contributed by atoms with Crippen LogP contribution in [0.25, 0.3) is 0 Å². The van der Waals surface area contributed by atoms with Gasteiger partial charge in [-0.3, -0.25) is 4.79 Å². The molecule has 1 N–H and O–H groups in total. The highest BCUT2D eigenvalue weighted by Gasteiger charge is 2.20. The maximum atomic E-state index is 13.8. The summed E-state index contributed by atoms with van der Waals surface area (Å²) in [6, 6.07) is 4.54. The number of hydrogen-bond acceptors (Lipinski definition) is 2. The van der Waals surface area contributed by atoms with Crippen LogP contribution >= 0.6 is 15.9 Å². The van der Waals surface area contributed by atoms with Crippen molar-refractivity contribution in [3.63, 3.8) is 0 Å². The van der Waals surface area contributed by atoms with Gasteiger partial charge in [0.25, 0.3) is 5.91 Å². The minimum atomic E-state index is -0.509. The number of amides is 1. The average Bonchev–Trinajstić information content (AvgIpc) is 2.26. The first-order valence-corrected chi connectivity index (χ1v) is 7.50. The largest absolute Gasteiger partial charge is 0.348 e. The molecule has 1 amide bonds. The molecule has 0 aliphatic heterocycles. The topological polar surface area (TPSA) is 32.3 Å². The van der Waals surface area contributed by atoms with E-state index in [2.05, 4.69) is 35.1 Å². The van der Waals surface area contributed by atoms with Gasteiger partial charge in [-0.2, -0.15) is 0 Å². The Hall–Kier alpha value is -0.940. The van der Waals surface area contributed by atoms with E-state index < -0.39 is 5.82 Å². The molecule has 0 aliphatic rings. The quantitative estimate of drug-likeness (QED) is 0.858. The summed E-state index contributed by atoms with van der Waals surface area (Å²) in [6.07, 6.45) is 0.857. The molecule has 0 aliphatic carbocycles. The number of carbonyl (C=O) groups is 1. The molecule has 1 unspecified atom stereocenters. The summed E-state index contributed by atoms with van der Waals surface area (Å²) >= 11 is 3.23. The molecule has 1 aromatic carbocycles. The maximum absolute atomic E-state index is 13.8. The van der Waals surface area contributed by atoms with Crippen LogP contribution in [0.2, 0.25) is 0 Å². The zero-order valence-corrected chi connectivity index (χ0v) is 14.0. The summed E-state index contributed by atoms with van der Waals surface area (Å²) < 4.78 is 14.3. The van der Waals surface area contributed by atoms with Crippen molar-refractivity contribution < 1.29 is 9.18 Å². The van der Waals surface area contributed by atoms with E-state index >= 15 is 0 Å². The Morgan fingerprint density at radius 1 is 1.40 bits per heavy atom. The molecule has 0 heterocycles. The number of carbonyl (C=O) groups excluding carboxylic acids is 1. The number of hydrogen-bond donors (Lipinski definition) is 1. The van der Waals surface area contributed by atoms with Crippen LogP contribution in [-0.4, -0.2) is 37.5 Å². The molecule has 5 heteroatoms. The molecule has 0 radical (unpaired) electrons. The van der Waals surface area contributed by atoms with E-state index in [1.807, 2.05) is 19.0 Å². The smallest absolute Gasteiger partial charge is 0.255 e. The molecule has 0 fully saturated rings. The second-order valence-corrected chi connectivity index (χ2v) is 6.51. The van der Waals surface area contributed by atoms with Gasteiger partial charge in [-0.25, -0.2) is 4.39 Å². The Morgan fingerprint density at radius 3 is 2.55 bits per heavy atom. The number of likely N-dealkylation sites (N-methyl/N-ethyl adjacent to an activating group) is 1. The highest BCUT2D eigenvalue weighted by Crippen LogP contribution is 2.20. The van der Waals surface area contributed by atoms with Gasteiger partial charge in [0, 0.05) is 17.1 Å². The van der Waals surface area contributed by atoms with Crippen LogP contribution in [0.3, 0.4) is 0 Å². The standard InChI is InChI=1S/C15H22BrFN2O/c1-10(2)8-11(9-19(3)4)18-15(20)14-12(16)6-5-7-13(14)17/h5-7,10-11H,8-9H2,1-4H3,(H,18,20). The third-order valence-corrected chi connectivity index (χ3v) is 3.53. The van der Waals surface area contributed by atoms with Crippen LogP contribution < -0.4 is 5.32 Å². The molecule has 1 atom stereocenters. The predicted molar refractivity (Wildman–Crippen MR) is 83.4 cm³/mol. The highest BCUT2D eigenvalue weighted by molar-refractivity contribution is 9.10. The Labute approximate surface area is 128 Å². The van der Waals surface area contributed by atoms with Gasteiger partial charge in [0.05, 0.1) is 5.56 Å². The minimum Gasteiger partial charge on any atom is -0.348 e. The van der Waals surface area contributed by atoms with E-state index in [0.29, 0.717) is 10.4 Å². The molecule has 3 nitrogen and oxygen atoms in total. The summed E-state index contributed by atoms with van der Waals surface area (Å²) in [5.74, 6) is -0.420. The monoisotopic (exact) mass is 344 g/mol. The molecule has 0 bridgehead atoms. The first kappa shape index (κ1) is 17.1. The summed E-state index contributed by atoms with van der Waals surface area (Å²) in [7, 11) is 3.91. The number of benzene rings is 1. The second-order valence-electron chi connectivity index (χ2n) is 5.66. The molecule has 0 aromatic heterocycles. The molecule has 20 heavy (non-hydrogen) atoms. The molecule has 1 rings (SSSR count). The number of nitrogens with one attached hydrogen (secondary N) is 1. The van der Waals surface area contributed by atoms with E-state index in [1.54, 1.807) is 12.1 Å². The molecule has 0 saturated carbocycles. The maximum Gasteiger partial charge on any atom is 0.255 e. The van der Waals surface area contributed by atoms with E-state index in [-0.39, 0.29) is 17.5 Å². The Balaban J connectivity index is 2.84. The Morgan fingerprint density at radius 2 is 2.05 bits per heavy atom. The Bertz CT molecular complexity index is 433. The second kappa shape index (κ2) is 7.74. The lowest BCUT2D eigenvalue weighted by atomic mass is 10.0. The zero-order valence-electron chi connectivity index (χ0n) is 12.4. The normalized spacial score (nSPS) is 12.8. The third kappa shape index (κ3) is 5.21. The van der Waals surface area contributed by atoms with Crippen LogP contribution in [0.5, 0.6) is 0 Å². The molecule has 0 saturated heterocycles. The molecule has 0 spiro atoms. The van der Waals surface area contributed by atoms with E-state index in [0.717, 1.165) is 13.0 Å². The van der Waals surface area contributed by atoms with Gasteiger partial charge in [-0.05, 0) is 54.5 Å². The van der Waals surface area contributed by atoms with Crippen LogP contribution in [0.15, 0.2) is 22.7 Å². The summed E-state index contributed by atoms with van der Waals surface area (Å²) in [5.41, 5.74) is 0.0695. The fraction of sp³-hybridized carbons (Fsp3) is 0.533. The average molecular weight is 345 g/mol. The first-order valence-electron chi connectivity index (χ1n) is 6.70. The number of halogens is 2. The zero-order chi connectivity index (χ0) is 15.3. The number of nitrogens with zero attached hydrogens (tertiary/aromatic N) is 1. The Kier molecular flexibility index (Phi) is 6.62. The van der Waals surface area contributed by atoms with Crippen molar-refractivity contribution in [1.82, 2.24) is 10.2 Å². The van der Waals surface area contributed by atoms with Crippen molar-refractivity contribution in [3.8, 4) is 0 Å². The van der Waals surface area contributed by atoms with Gasteiger partial charge in [0.15, 0.2) is 0 Å². The van der Waals surface area contributed by atoms with Gasteiger partial charge in [0.1, 0.15) is 5.82 Å². The van der Waals surface area contributed by atoms with Gasteiger partial charge in [-0.1, -0.05) is 19.9 Å². The summed E-state index contributed by atoms with van der Waals surface area (Å²) in [5, 5.41) is 2.93. The van der Waals surface area contributed by atoms with E-state index in [9.17, 15) is 9.18 Å². The fourth-order valence-electron chi connectivity index (χ4n) is 2.16. The summed E-state index contributed by atoms with van der Waals surface area (Å²) in [4.78, 5) is 14.3. The van der Waals surface area contributed by atoms with Gasteiger partial charge >= 0.3 is 0 Å². The molecule has 112 valence electrons. The van der Waals surface area contributed by atoms with Gasteiger partial charge < -0.3 is 10.2 Å². The van der Waals surface area contributed by atoms with Crippen LogP contribution in [-0.2, 0) is 0 Å². The van der Waals surface area contributed by atoms with Crippen molar-refractivity contribution in [1.29, 1.82) is 0 Å². The predicted octanol–water partition coefficient (Wildman–Crippen LogP) is 3.29. The van der Waals surface area contributed by atoms with Gasteiger partial charge in [0.2, 0.25) is 0 Å². The van der Waals surface area contributed by atoms with Crippen molar-refractivity contribution in [2.24, 2.45) is 5.92 Å². The lowest BCUT2D eigenvalue weighted by Gasteiger charge is -2.24. The number of rotatable bonds is 6. The minimum absolute atomic E-state index is 0.00371. The lowest BCUT2D eigenvalue weighted by Crippen LogP contribution is -2.42.